The maximum Gasteiger partial charge on any atom is 0.216 e. The number of aliphatic hydroxyl groups excluding tert-OH is 3. The normalized spacial score (nSPS) is 26.6. The molecule has 1 aliphatic heterocycles. The van der Waals surface area contributed by atoms with E-state index in [0.717, 1.165) is 18.6 Å². The van der Waals surface area contributed by atoms with Gasteiger partial charge in [0.2, 0.25) is 5.91 Å². The van der Waals surface area contributed by atoms with Crippen molar-refractivity contribution in [3.63, 3.8) is 0 Å². The van der Waals surface area contributed by atoms with Crippen LogP contribution in [0.25, 0.3) is 0 Å². The molecule has 1 aromatic carbocycles. The maximum absolute atomic E-state index is 11.2. The number of amides is 1. The highest BCUT2D eigenvalue weighted by Crippen LogP contribution is 2.25. The Kier molecular flexibility index (Phi) is 7.19. The van der Waals surface area contributed by atoms with Gasteiger partial charge in [0.15, 0.2) is 0 Å². The summed E-state index contributed by atoms with van der Waals surface area (Å²) in [6, 6.07) is 6.90. The standard InChI is InChI=1S/C18H28N2O5/c1-12(22)19-10-15-17(23)18(24)16(11-21)20(15)9-3-4-13-5-7-14(25-2)8-6-13/h5-8,15-18,21,23-24H,3-4,9-11H2,1-2H3,(H,19,22)/t15-,16?,17-,18-/m1/s1. The van der Waals surface area contributed by atoms with Crippen LogP contribution < -0.4 is 10.1 Å². The van der Waals surface area contributed by atoms with Crippen LogP contribution >= 0.6 is 0 Å². The number of rotatable bonds is 8. The van der Waals surface area contributed by atoms with E-state index in [0.29, 0.717) is 6.54 Å². The SMILES string of the molecule is COc1ccc(CCCN2C(CO)[C@@H](O)[C@H](O)[C@H]2CNC(C)=O)cc1. The molecule has 1 unspecified atom stereocenters. The third kappa shape index (κ3) is 4.92. The summed E-state index contributed by atoms with van der Waals surface area (Å²) >= 11 is 0. The summed E-state index contributed by atoms with van der Waals surface area (Å²) in [5, 5.41) is 32.7. The molecular weight excluding hydrogens is 324 g/mol. The van der Waals surface area contributed by atoms with Crippen LogP contribution in [0, 0.1) is 0 Å². The molecule has 0 saturated carbocycles. The number of nitrogens with one attached hydrogen (secondary N) is 1. The van der Waals surface area contributed by atoms with E-state index >= 15 is 0 Å². The first kappa shape index (κ1) is 19.7. The molecule has 0 spiro atoms. The van der Waals surface area contributed by atoms with E-state index in [-0.39, 0.29) is 19.1 Å². The Labute approximate surface area is 148 Å². The van der Waals surface area contributed by atoms with Gasteiger partial charge in [0.05, 0.1) is 38.0 Å². The van der Waals surface area contributed by atoms with Gasteiger partial charge in [-0.05, 0) is 37.1 Å². The van der Waals surface area contributed by atoms with Gasteiger partial charge in [-0.2, -0.15) is 0 Å². The first-order valence-corrected chi connectivity index (χ1v) is 8.58. The van der Waals surface area contributed by atoms with Crippen molar-refractivity contribution in [3.8, 4) is 5.75 Å². The monoisotopic (exact) mass is 352 g/mol. The van der Waals surface area contributed by atoms with Crippen LogP contribution in [0.3, 0.4) is 0 Å². The lowest BCUT2D eigenvalue weighted by Gasteiger charge is -2.29. The van der Waals surface area contributed by atoms with Crippen LogP contribution in [0.4, 0.5) is 0 Å². The van der Waals surface area contributed by atoms with Gasteiger partial charge < -0.3 is 25.4 Å². The largest absolute Gasteiger partial charge is 0.497 e. The number of hydrogen-bond donors (Lipinski definition) is 4. The Morgan fingerprint density at radius 3 is 2.40 bits per heavy atom. The van der Waals surface area contributed by atoms with Gasteiger partial charge in [0, 0.05) is 13.5 Å². The van der Waals surface area contributed by atoms with Crippen molar-refractivity contribution in [2.45, 2.75) is 44.1 Å². The molecule has 0 bridgehead atoms. The fourth-order valence-corrected chi connectivity index (χ4v) is 3.38. The molecule has 25 heavy (non-hydrogen) atoms. The zero-order valence-corrected chi connectivity index (χ0v) is 14.8. The molecule has 4 atom stereocenters. The molecule has 1 aliphatic rings. The van der Waals surface area contributed by atoms with Crippen molar-refractivity contribution >= 4 is 5.91 Å². The van der Waals surface area contributed by atoms with Gasteiger partial charge in [-0.25, -0.2) is 0 Å². The lowest BCUT2D eigenvalue weighted by Crippen LogP contribution is -2.47. The number of carbonyl (C=O) groups excluding carboxylic acids is 1. The summed E-state index contributed by atoms with van der Waals surface area (Å²) in [4.78, 5) is 13.1. The Morgan fingerprint density at radius 2 is 1.84 bits per heavy atom. The smallest absolute Gasteiger partial charge is 0.216 e. The van der Waals surface area contributed by atoms with Gasteiger partial charge in [-0.1, -0.05) is 12.1 Å². The topological polar surface area (TPSA) is 102 Å². The Bertz CT molecular complexity index is 551. The second-order valence-corrected chi connectivity index (χ2v) is 6.42. The zero-order valence-electron chi connectivity index (χ0n) is 14.8. The molecule has 1 aromatic rings. The van der Waals surface area contributed by atoms with Crippen molar-refractivity contribution in [2.75, 3.05) is 26.8 Å². The fraction of sp³-hybridized carbons (Fsp3) is 0.611. The fourth-order valence-electron chi connectivity index (χ4n) is 3.38. The second kappa shape index (κ2) is 9.15. The molecule has 1 heterocycles. The second-order valence-electron chi connectivity index (χ2n) is 6.42. The first-order chi connectivity index (χ1) is 12.0. The van der Waals surface area contributed by atoms with Gasteiger partial charge in [0.1, 0.15) is 5.75 Å². The molecule has 7 nitrogen and oxygen atoms in total. The summed E-state index contributed by atoms with van der Waals surface area (Å²) in [6.45, 7) is 2.02. The molecule has 4 N–H and O–H groups in total. The van der Waals surface area contributed by atoms with Crippen LogP contribution in [0.1, 0.15) is 18.9 Å². The Morgan fingerprint density at radius 1 is 1.20 bits per heavy atom. The molecule has 1 saturated heterocycles. The number of methoxy groups -OCH3 is 1. The average Bonchev–Trinajstić information content (AvgIpc) is 2.83. The van der Waals surface area contributed by atoms with Crippen LogP contribution in [0.15, 0.2) is 24.3 Å². The lowest BCUT2D eigenvalue weighted by molar-refractivity contribution is -0.119. The van der Waals surface area contributed by atoms with Crippen molar-refractivity contribution < 1.29 is 24.9 Å². The van der Waals surface area contributed by atoms with Crippen LogP contribution in [0.2, 0.25) is 0 Å². The van der Waals surface area contributed by atoms with E-state index in [9.17, 15) is 20.1 Å². The summed E-state index contributed by atoms with van der Waals surface area (Å²) in [7, 11) is 1.63. The third-order valence-electron chi connectivity index (χ3n) is 4.78. The highest BCUT2D eigenvalue weighted by molar-refractivity contribution is 5.72. The highest BCUT2D eigenvalue weighted by atomic mass is 16.5. The minimum atomic E-state index is -1.02. The van der Waals surface area contributed by atoms with Crippen LogP contribution in [-0.4, -0.2) is 77.2 Å². The van der Waals surface area contributed by atoms with E-state index < -0.39 is 24.3 Å². The minimum absolute atomic E-state index is 0.188. The van der Waals surface area contributed by atoms with Gasteiger partial charge in [-0.15, -0.1) is 0 Å². The molecule has 1 amide bonds. The molecule has 0 aliphatic carbocycles. The Hall–Kier alpha value is -1.67. The number of hydrogen-bond acceptors (Lipinski definition) is 6. The summed E-state index contributed by atoms with van der Waals surface area (Å²) in [5.74, 6) is 0.623. The molecule has 1 fully saturated rings. The highest BCUT2D eigenvalue weighted by Gasteiger charge is 2.46. The number of likely N-dealkylation sites (tertiary alicyclic amines) is 1. The van der Waals surface area contributed by atoms with Gasteiger partial charge >= 0.3 is 0 Å². The predicted octanol–water partition coefficient (Wildman–Crippen LogP) is -0.469. The molecule has 0 aromatic heterocycles. The van der Waals surface area contributed by atoms with Gasteiger partial charge in [0.25, 0.3) is 0 Å². The van der Waals surface area contributed by atoms with E-state index in [1.54, 1.807) is 7.11 Å². The van der Waals surface area contributed by atoms with E-state index in [2.05, 4.69) is 5.32 Å². The summed E-state index contributed by atoms with van der Waals surface area (Å²) < 4.78 is 5.14. The number of aryl methyl sites for hydroxylation is 1. The number of nitrogens with zero attached hydrogens (tertiary/aromatic N) is 1. The number of carbonyl (C=O) groups is 1. The summed E-state index contributed by atoms with van der Waals surface area (Å²) in [6.07, 6.45) is -0.383. The molecular formula is C18H28N2O5. The van der Waals surface area contributed by atoms with E-state index in [1.165, 1.54) is 12.5 Å². The van der Waals surface area contributed by atoms with Gasteiger partial charge in [-0.3, -0.25) is 9.69 Å². The number of aliphatic hydroxyl groups is 3. The molecule has 0 radical (unpaired) electrons. The zero-order chi connectivity index (χ0) is 18.4. The van der Waals surface area contributed by atoms with Crippen LogP contribution in [-0.2, 0) is 11.2 Å². The van der Waals surface area contributed by atoms with Crippen molar-refractivity contribution in [3.05, 3.63) is 29.8 Å². The average molecular weight is 352 g/mol. The molecule has 7 heteroatoms. The van der Waals surface area contributed by atoms with Crippen molar-refractivity contribution in [2.24, 2.45) is 0 Å². The van der Waals surface area contributed by atoms with Crippen molar-refractivity contribution in [1.82, 2.24) is 10.2 Å². The van der Waals surface area contributed by atoms with Crippen molar-refractivity contribution in [1.29, 1.82) is 0 Å². The van der Waals surface area contributed by atoms with E-state index in [4.69, 9.17) is 4.74 Å². The first-order valence-electron chi connectivity index (χ1n) is 8.58. The summed E-state index contributed by atoms with van der Waals surface area (Å²) in [5.41, 5.74) is 1.17. The van der Waals surface area contributed by atoms with E-state index in [1.807, 2.05) is 29.2 Å². The predicted molar refractivity (Wildman–Crippen MR) is 93.4 cm³/mol. The molecule has 2 rings (SSSR count). The maximum atomic E-state index is 11.2. The lowest BCUT2D eigenvalue weighted by atomic mass is 10.1. The van der Waals surface area contributed by atoms with Crippen LogP contribution in [0.5, 0.6) is 5.75 Å². The number of benzene rings is 1. The minimum Gasteiger partial charge on any atom is -0.497 e. The Balaban J connectivity index is 1.95. The quantitative estimate of drug-likeness (QED) is 0.505. The third-order valence-corrected chi connectivity index (χ3v) is 4.78. The number of ether oxygens (including phenoxy) is 1. The molecule has 140 valence electrons.